The molecule has 0 aliphatic rings. The Morgan fingerprint density at radius 3 is 2.60 bits per heavy atom. The van der Waals surface area contributed by atoms with Gasteiger partial charge in [-0.25, -0.2) is 9.37 Å². The molecule has 4 aromatic rings. The van der Waals surface area contributed by atoms with E-state index in [4.69, 9.17) is 4.98 Å². The molecule has 2 aromatic heterocycles. The molecule has 1 amide bonds. The first kappa shape index (κ1) is 25.1. The van der Waals surface area contributed by atoms with Gasteiger partial charge in [-0.15, -0.1) is 11.3 Å². The maximum atomic E-state index is 13.2. The van der Waals surface area contributed by atoms with Gasteiger partial charge in [-0.05, 0) is 54.0 Å². The van der Waals surface area contributed by atoms with E-state index in [2.05, 4.69) is 17.4 Å². The van der Waals surface area contributed by atoms with Gasteiger partial charge in [0.1, 0.15) is 10.5 Å². The van der Waals surface area contributed by atoms with Crippen molar-refractivity contribution in [1.82, 2.24) is 14.9 Å². The van der Waals surface area contributed by atoms with Crippen LogP contribution in [-0.4, -0.2) is 22.0 Å². The lowest BCUT2D eigenvalue weighted by atomic mass is 10.1. The van der Waals surface area contributed by atoms with Crippen LogP contribution >= 0.6 is 23.1 Å². The molecule has 4 rings (SSSR count). The van der Waals surface area contributed by atoms with Gasteiger partial charge in [0.25, 0.3) is 5.56 Å². The maximum Gasteiger partial charge on any atom is 0.272 e. The van der Waals surface area contributed by atoms with Gasteiger partial charge in [0.15, 0.2) is 5.16 Å². The maximum absolute atomic E-state index is 13.2. The Kier molecular flexibility index (Phi) is 9.08. The minimum atomic E-state index is -0.265. The first-order valence-electron chi connectivity index (χ1n) is 11.8. The summed E-state index contributed by atoms with van der Waals surface area (Å²) in [7, 11) is 0. The van der Waals surface area contributed by atoms with Crippen molar-refractivity contribution in [2.45, 2.75) is 49.6 Å². The number of hydrogen-bond donors (Lipinski definition) is 1. The Bertz CT molecular complexity index is 1300. The number of benzene rings is 2. The molecule has 0 fully saturated rings. The summed E-state index contributed by atoms with van der Waals surface area (Å²) in [5.74, 6) is 0.402. The first-order valence-corrected chi connectivity index (χ1v) is 13.6. The molecule has 0 saturated carbocycles. The van der Waals surface area contributed by atoms with E-state index in [-0.39, 0.29) is 17.3 Å². The van der Waals surface area contributed by atoms with Crippen molar-refractivity contribution in [3.8, 4) is 0 Å². The van der Waals surface area contributed by atoms with Crippen LogP contribution in [0.4, 0.5) is 4.39 Å². The molecule has 0 unspecified atom stereocenters. The number of thioether (sulfide) groups is 1. The zero-order chi connectivity index (χ0) is 24.5. The van der Waals surface area contributed by atoms with E-state index in [0.29, 0.717) is 40.6 Å². The van der Waals surface area contributed by atoms with Gasteiger partial charge in [-0.2, -0.15) is 0 Å². The predicted octanol–water partition coefficient (Wildman–Crippen LogP) is 5.81. The van der Waals surface area contributed by atoms with E-state index in [9.17, 15) is 14.0 Å². The van der Waals surface area contributed by atoms with Gasteiger partial charge in [-0.3, -0.25) is 14.2 Å². The second-order valence-electron chi connectivity index (χ2n) is 8.30. The van der Waals surface area contributed by atoms with Gasteiger partial charge < -0.3 is 5.32 Å². The summed E-state index contributed by atoms with van der Waals surface area (Å²) in [4.78, 5) is 29.9. The molecule has 35 heavy (non-hydrogen) atoms. The van der Waals surface area contributed by atoms with Crippen LogP contribution in [0.5, 0.6) is 0 Å². The van der Waals surface area contributed by atoms with Crippen molar-refractivity contribution in [3.63, 3.8) is 0 Å². The summed E-state index contributed by atoms with van der Waals surface area (Å²) in [6.07, 6.45) is 3.73. The molecule has 0 saturated heterocycles. The Balaban J connectivity index is 1.27. The van der Waals surface area contributed by atoms with E-state index in [0.717, 1.165) is 31.2 Å². The molecule has 0 radical (unpaired) electrons. The third-order valence-electron chi connectivity index (χ3n) is 5.68. The summed E-state index contributed by atoms with van der Waals surface area (Å²) < 4.78 is 15.6. The van der Waals surface area contributed by atoms with Crippen LogP contribution in [0, 0.1) is 5.82 Å². The Hall–Kier alpha value is -2.97. The van der Waals surface area contributed by atoms with Gasteiger partial charge >= 0.3 is 0 Å². The van der Waals surface area contributed by atoms with E-state index in [1.807, 2.05) is 29.6 Å². The minimum absolute atomic E-state index is 0.0229. The van der Waals surface area contributed by atoms with Crippen LogP contribution in [0.2, 0.25) is 0 Å². The summed E-state index contributed by atoms with van der Waals surface area (Å²) in [5.41, 5.74) is 2.87. The number of unbranched alkanes of at least 4 members (excludes halogenated alkanes) is 2. The topological polar surface area (TPSA) is 64.0 Å². The van der Waals surface area contributed by atoms with E-state index < -0.39 is 0 Å². The number of halogens is 1. The predicted molar refractivity (Wildman–Crippen MR) is 141 cm³/mol. The molecule has 2 aromatic carbocycles. The van der Waals surface area contributed by atoms with Gasteiger partial charge in [0.05, 0.1) is 5.52 Å². The van der Waals surface area contributed by atoms with Gasteiger partial charge in [0.2, 0.25) is 5.91 Å². The molecule has 182 valence electrons. The SMILES string of the molecule is O=C(CCCCCn1c(SCc2ccc(F)cc2)nc2ccsc2c1=O)NCCc1ccccc1. The molecule has 2 heterocycles. The van der Waals surface area contributed by atoms with Crippen LogP contribution in [0.1, 0.15) is 36.8 Å². The summed E-state index contributed by atoms with van der Waals surface area (Å²) >= 11 is 2.89. The molecule has 0 aliphatic carbocycles. The van der Waals surface area contributed by atoms with Crippen molar-refractivity contribution in [2.75, 3.05) is 6.54 Å². The molecule has 0 aliphatic heterocycles. The number of amides is 1. The van der Waals surface area contributed by atoms with Crippen molar-refractivity contribution >= 4 is 39.2 Å². The van der Waals surface area contributed by atoms with E-state index in [1.165, 1.54) is 40.8 Å². The Morgan fingerprint density at radius 1 is 1.00 bits per heavy atom. The standard InChI is InChI=1S/C27H28FN3O2S2/c28-22-12-10-21(11-13-22)19-35-27-30-23-15-18-34-25(23)26(33)31(27)17-6-2-5-9-24(32)29-16-14-20-7-3-1-4-8-20/h1,3-4,7-8,10-13,15,18H,2,5-6,9,14,16-17,19H2,(H,29,32). The molecule has 0 spiro atoms. The largest absolute Gasteiger partial charge is 0.356 e. The summed E-state index contributed by atoms with van der Waals surface area (Å²) in [6.45, 7) is 1.19. The Labute approximate surface area is 212 Å². The highest BCUT2D eigenvalue weighted by Gasteiger charge is 2.13. The van der Waals surface area contributed by atoms with Crippen LogP contribution in [0.15, 0.2) is 76.0 Å². The lowest BCUT2D eigenvalue weighted by Crippen LogP contribution is -2.25. The lowest BCUT2D eigenvalue weighted by Gasteiger charge is -2.12. The van der Waals surface area contributed by atoms with Crippen LogP contribution in [0.3, 0.4) is 0 Å². The van der Waals surface area contributed by atoms with Gasteiger partial charge in [0, 0.05) is 25.3 Å². The van der Waals surface area contributed by atoms with Crippen molar-refractivity contribution in [1.29, 1.82) is 0 Å². The molecule has 8 heteroatoms. The number of rotatable bonds is 12. The number of nitrogens with one attached hydrogen (secondary N) is 1. The average Bonchev–Trinajstić information content (AvgIpc) is 3.34. The average molecular weight is 510 g/mol. The highest BCUT2D eigenvalue weighted by atomic mass is 32.2. The van der Waals surface area contributed by atoms with Crippen LogP contribution in [-0.2, 0) is 23.5 Å². The zero-order valence-corrected chi connectivity index (χ0v) is 21.0. The highest BCUT2D eigenvalue weighted by molar-refractivity contribution is 7.98. The number of carbonyl (C=O) groups excluding carboxylic acids is 1. The van der Waals surface area contributed by atoms with Crippen molar-refractivity contribution in [2.24, 2.45) is 0 Å². The number of fused-ring (bicyclic) bond motifs is 1. The number of aromatic nitrogens is 2. The quantitative estimate of drug-likeness (QED) is 0.149. The van der Waals surface area contributed by atoms with E-state index >= 15 is 0 Å². The fourth-order valence-corrected chi connectivity index (χ4v) is 5.53. The molecule has 0 atom stereocenters. The third kappa shape index (κ3) is 7.26. The minimum Gasteiger partial charge on any atom is -0.356 e. The normalized spacial score (nSPS) is 11.1. The number of carbonyl (C=O) groups is 1. The second kappa shape index (κ2) is 12.7. The smallest absolute Gasteiger partial charge is 0.272 e. The number of hydrogen-bond acceptors (Lipinski definition) is 5. The highest BCUT2D eigenvalue weighted by Crippen LogP contribution is 2.24. The van der Waals surface area contributed by atoms with Crippen molar-refractivity contribution in [3.05, 3.63) is 93.3 Å². The summed E-state index contributed by atoms with van der Waals surface area (Å²) in [6, 6.07) is 18.3. The Morgan fingerprint density at radius 2 is 1.80 bits per heavy atom. The van der Waals surface area contributed by atoms with Crippen LogP contribution in [0.25, 0.3) is 10.2 Å². The molecular weight excluding hydrogens is 481 g/mol. The molecular formula is C27H28FN3O2S2. The second-order valence-corrected chi connectivity index (χ2v) is 10.2. The fraction of sp³-hybridized carbons (Fsp3) is 0.296. The third-order valence-corrected chi connectivity index (χ3v) is 7.62. The number of thiophene rings is 1. The van der Waals surface area contributed by atoms with Crippen molar-refractivity contribution < 1.29 is 9.18 Å². The van der Waals surface area contributed by atoms with E-state index in [1.54, 1.807) is 16.7 Å². The van der Waals surface area contributed by atoms with Crippen LogP contribution < -0.4 is 10.9 Å². The molecule has 1 N–H and O–H groups in total. The summed E-state index contributed by atoms with van der Waals surface area (Å²) in [5, 5.41) is 5.53. The first-order chi connectivity index (χ1) is 17.1. The lowest BCUT2D eigenvalue weighted by molar-refractivity contribution is -0.121. The van der Waals surface area contributed by atoms with Gasteiger partial charge in [-0.1, -0.05) is 60.6 Å². The molecule has 5 nitrogen and oxygen atoms in total. The number of nitrogens with zero attached hydrogens (tertiary/aromatic N) is 2. The zero-order valence-electron chi connectivity index (χ0n) is 19.4. The molecule has 0 bridgehead atoms. The monoisotopic (exact) mass is 509 g/mol. The fourth-order valence-electron chi connectivity index (χ4n) is 3.77.